The summed E-state index contributed by atoms with van der Waals surface area (Å²) in [6.07, 6.45) is -0.803. The standard InChI is InChI=1S/C29H37F3N6O2Si/c1-19-20(8-7-9-22(19)29(30,31)32)16-24-23(18-40-41(5,6)28(2,3)4)35-27-21(26-33-10-11-34-26)17-25(36-38(24)27)37-12-14-39-15-13-37/h7-11,17H,12-16,18H2,1-6H3,(H,33,34). The van der Waals surface area contributed by atoms with Crippen molar-refractivity contribution in [2.45, 2.75) is 65.0 Å². The highest BCUT2D eigenvalue weighted by Gasteiger charge is 2.38. The average molecular weight is 587 g/mol. The number of fused-ring (bicyclic) bond motifs is 1. The summed E-state index contributed by atoms with van der Waals surface area (Å²) in [5, 5.41) is 4.97. The third-order valence-electron chi connectivity index (χ3n) is 8.32. The topological polar surface area (TPSA) is 80.6 Å². The summed E-state index contributed by atoms with van der Waals surface area (Å²) < 4.78 is 55.3. The molecule has 1 aromatic carbocycles. The van der Waals surface area contributed by atoms with E-state index in [4.69, 9.17) is 19.2 Å². The second-order valence-electron chi connectivity index (χ2n) is 12.0. The maximum absolute atomic E-state index is 13.8. The first-order valence-corrected chi connectivity index (χ1v) is 16.7. The molecule has 0 saturated carbocycles. The number of nitrogens with one attached hydrogen (secondary N) is 1. The molecular weight excluding hydrogens is 549 g/mol. The Hall–Kier alpha value is -3.22. The van der Waals surface area contributed by atoms with Gasteiger partial charge in [0.2, 0.25) is 0 Å². The summed E-state index contributed by atoms with van der Waals surface area (Å²) in [7, 11) is -2.16. The lowest BCUT2D eigenvalue weighted by Crippen LogP contribution is -2.40. The molecule has 8 nitrogen and oxygen atoms in total. The Morgan fingerprint density at radius 2 is 1.85 bits per heavy atom. The fraction of sp³-hybridized carbons (Fsp3) is 0.483. The van der Waals surface area contributed by atoms with Gasteiger partial charge in [-0.2, -0.15) is 13.2 Å². The molecular formula is C29H37F3N6O2Si. The first-order chi connectivity index (χ1) is 19.3. The number of aromatic nitrogens is 5. The summed E-state index contributed by atoms with van der Waals surface area (Å²) in [6.45, 7) is 15.1. The number of benzene rings is 1. The lowest BCUT2D eigenvalue weighted by atomic mass is 9.98. The second-order valence-corrected chi connectivity index (χ2v) is 16.8. The van der Waals surface area contributed by atoms with Crippen LogP contribution in [0.25, 0.3) is 17.0 Å². The van der Waals surface area contributed by atoms with Gasteiger partial charge in [0.05, 0.1) is 42.3 Å². The number of aromatic amines is 1. The number of imidazole rings is 2. The predicted octanol–water partition coefficient (Wildman–Crippen LogP) is 6.40. The minimum absolute atomic E-state index is 0.0228. The number of alkyl halides is 3. The van der Waals surface area contributed by atoms with E-state index in [9.17, 15) is 13.2 Å². The highest BCUT2D eigenvalue weighted by molar-refractivity contribution is 6.74. The highest BCUT2D eigenvalue weighted by atomic mass is 28.4. The van der Waals surface area contributed by atoms with Gasteiger partial charge in [-0.25, -0.2) is 14.5 Å². The molecule has 0 unspecified atom stereocenters. The Labute approximate surface area is 239 Å². The van der Waals surface area contributed by atoms with Crippen molar-refractivity contribution in [3.8, 4) is 11.4 Å². The highest BCUT2D eigenvalue weighted by Crippen LogP contribution is 2.38. The average Bonchev–Trinajstić information content (AvgIpc) is 3.56. The molecule has 12 heteroatoms. The van der Waals surface area contributed by atoms with E-state index in [1.54, 1.807) is 23.0 Å². The number of nitrogens with zero attached hydrogens (tertiary/aromatic N) is 5. The van der Waals surface area contributed by atoms with E-state index in [1.165, 1.54) is 13.0 Å². The third kappa shape index (κ3) is 5.91. The lowest BCUT2D eigenvalue weighted by molar-refractivity contribution is -0.138. The van der Waals surface area contributed by atoms with Crippen molar-refractivity contribution in [1.82, 2.24) is 24.6 Å². The molecule has 1 aliphatic rings. The number of ether oxygens (including phenoxy) is 1. The van der Waals surface area contributed by atoms with Crippen molar-refractivity contribution in [3.63, 3.8) is 0 Å². The van der Waals surface area contributed by atoms with Crippen LogP contribution in [0.2, 0.25) is 18.1 Å². The van der Waals surface area contributed by atoms with Crippen LogP contribution in [-0.2, 0) is 28.4 Å². The molecule has 5 rings (SSSR count). The van der Waals surface area contributed by atoms with Gasteiger partial charge in [-0.15, -0.1) is 5.10 Å². The van der Waals surface area contributed by atoms with Crippen LogP contribution in [0, 0.1) is 6.92 Å². The van der Waals surface area contributed by atoms with E-state index in [1.807, 2.05) is 6.07 Å². The van der Waals surface area contributed by atoms with Crippen molar-refractivity contribution in [2.75, 3.05) is 31.2 Å². The monoisotopic (exact) mass is 586 g/mol. The van der Waals surface area contributed by atoms with Crippen LogP contribution < -0.4 is 4.90 Å². The van der Waals surface area contributed by atoms with Crippen molar-refractivity contribution in [3.05, 3.63) is 64.7 Å². The molecule has 0 radical (unpaired) electrons. The fourth-order valence-corrected chi connectivity index (χ4v) is 5.68. The van der Waals surface area contributed by atoms with E-state index < -0.39 is 20.1 Å². The SMILES string of the molecule is Cc1c(Cc2c(CO[Si](C)(C)C(C)(C)C)nc3c(-c4ncc[nH]4)cc(N4CCOCC4)nn23)cccc1C(F)(F)F. The molecule has 1 aliphatic heterocycles. The lowest BCUT2D eigenvalue weighted by Gasteiger charge is -2.36. The Morgan fingerprint density at radius 3 is 2.49 bits per heavy atom. The van der Waals surface area contributed by atoms with Crippen molar-refractivity contribution in [1.29, 1.82) is 0 Å². The number of morpholine rings is 1. The Kier molecular flexibility index (Phi) is 7.77. The molecule has 0 amide bonds. The van der Waals surface area contributed by atoms with Crippen LogP contribution in [0.1, 0.15) is 48.8 Å². The minimum atomic E-state index is -4.44. The minimum Gasteiger partial charge on any atom is -0.411 e. The van der Waals surface area contributed by atoms with Crippen LogP contribution in [-0.4, -0.2) is 59.2 Å². The summed E-state index contributed by atoms with van der Waals surface area (Å²) >= 11 is 0. The van der Waals surface area contributed by atoms with Gasteiger partial charge in [0.15, 0.2) is 19.8 Å². The predicted molar refractivity (Wildman–Crippen MR) is 155 cm³/mol. The maximum atomic E-state index is 13.8. The molecule has 41 heavy (non-hydrogen) atoms. The number of anilines is 1. The largest absolute Gasteiger partial charge is 0.416 e. The Morgan fingerprint density at radius 1 is 1.12 bits per heavy atom. The van der Waals surface area contributed by atoms with Crippen LogP contribution in [0.3, 0.4) is 0 Å². The van der Waals surface area contributed by atoms with Gasteiger partial charge in [0, 0.05) is 31.9 Å². The molecule has 4 aromatic rings. The van der Waals surface area contributed by atoms with Crippen molar-refractivity contribution >= 4 is 19.8 Å². The van der Waals surface area contributed by atoms with Crippen LogP contribution in [0.4, 0.5) is 19.0 Å². The molecule has 1 saturated heterocycles. The molecule has 0 bridgehead atoms. The van der Waals surface area contributed by atoms with Crippen LogP contribution in [0.5, 0.6) is 0 Å². The van der Waals surface area contributed by atoms with Crippen LogP contribution in [0.15, 0.2) is 36.7 Å². The van der Waals surface area contributed by atoms with Crippen molar-refractivity contribution in [2.24, 2.45) is 0 Å². The van der Waals surface area contributed by atoms with Gasteiger partial charge >= 0.3 is 6.18 Å². The van der Waals surface area contributed by atoms with Gasteiger partial charge < -0.3 is 19.0 Å². The zero-order valence-corrected chi connectivity index (χ0v) is 25.4. The molecule has 1 fully saturated rings. The summed E-state index contributed by atoms with van der Waals surface area (Å²) in [4.78, 5) is 14.8. The normalized spacial score (nSPS) is 15.2. The zero-order valence-electron chi connectivity index (χ0n) is 24.4. The first-order valence-electron chi connectivity index (χ1n) is 13.8. The summed E-state index contributed by atoms with van der Waals surface area (Å²) in [6, 6.07) is 6.28. The number of hydrogen-bond acceptors (Lipinski definition) is 6. The number of rotatable bonds is 7. The zero-order chi connectivity index (χ0) is 29.6. The molecule has 220 valence electrons. The number of halogens is 3. The maximum Gasteiger partial charge on any atom is 0.416 e. The summed E-state index contributed by atoms with van der Waals surface area (Å²) in [5.41, 5.74) is 2.81. The van der Waals surface area contributed by atoms with E-state index in [2.05, 4.69) is 48.7 Å². The van der Waals surface area contributed by atoms with Gasteiger partial charge in [-0.05, 0) is 48.3 Å². The second kappa shape index (κ2) is 10.9. The van der Waals surface area contributed by atoms with E-state index in [-0.39, 0.29) is 23.6 Å². The Balaban J connectivity index is 1.69. The molecule has 0 atom stereocenters. The first kappa shape index (κ1) is 29.3. The molecule has 4 heterocycles. The van der Waals surface area contributed by atoms with Gasteiger partial charge in [-0.3, -0.25) is 0 Å². The quantitative estimate of drug-likeness (QED) is 0.253. The molecule has 0 aliphatic carbocycles. The third-order valence-corrected chi connectivity index (χ3v) is 12.8. The van der Waals surface area contributed by atoms with E-state index in [0.717, 1.165) is 17.4 Å². The molecule has 0 spiro atoms. The van der Waals surface area contributed by atoms with Crippen LogP contribution >= 0.6 is 0 Å². The Bertz CT molecular complexity index is 1520. The van der Waals surface area contributed by atoms with Gasteiger partial charge in [0.1, 0.15) is 5.82 Å². The van der Waals surface area contributed by atoms with E-state index in [0.29, 0.717) is 54.7 Å². The number of hydrogen-bond donors (Lipinski definition) is 1. The van der Waals surface area contributed by atoms with E-state index >= 15 is 0 Å². The van der Waals surface area contributed by atoms with Gasteiger partial charge in [0.25, 0.3) is 0 Å². The fourth-order valence-electron chi connectivity index (χ4n) is 4.75. The summed E-state index contributed by atoms with van der Waals surface area (Å²) in [5.74, 6) is 1.36. The molecule has 3 aromatic heterocycles. The molecule has 1 N–H and O–H groups in total. The smallest absolute Gasteiger partial charge is 0.411 e. The van der Waals surface area contributed by atoms with Gasteiger partial charge in [-0.1, -0.05) is 32.9 Å². The number of H-pyrrole nitrogens is 1. The van der Waals surface area contributed by atoms with Crippen molar-refractivity contribution < 1.29 is 22.3 Å².